The standard InChI is InChI=1S/C12H13NO4/c1-15-9-6-8(4-5-11(13)14)7-10(16-2)12(9)17-3/h6-7H,1-3H3,(H2,13,14). The van der Waals surface area contributed by atoms with Gasteiger partial charge in [-0.25, -0.2) is 0 Å². The van der Waals surface area contributed by atoms with E-state index >= 15 is 0 Å². The number of amides is 1. The largest absolute Gasteiger partial charge is 0.493 e. The highest BCUT2D eigenvalue weighted by Gasteiger charge is 2.12. The van der Waals surface area contributed by atoms with Gasteiger partial charge in [0.25, 0.3) is 5.91 Å². The maximum Gasteiger partial charge on any atom is 0.293 e. The minimum Gasteiger partial charge on any atom is -0.493 e. The molecule has 0 saturated heterocycles. The third kappa shape index (κ3) is 3.05. The normalized spacial score (nSPS) is 8.88. The molecule has 1 aromatic rings. The summed E-state index contributed by atoms with van der Waals surface area (Å²) in [6.07, 6.45) is 0. The molecule has 5 heteroatoms. The van der Waals surface area contributed by atoms with Gasteiger partial charge in [0.05, 0.1) is 21.3 Å². The van der Waals surface area contributed by atoms with Crippen LogP contribution < -0.4 is 19.9 Å². The fourth-order valence-electron chi connectivity index (χ4n) is 1.29. The molecule has 2 N–H and O–H groups in total. The molecular formula is C12H13NO4. The highest BCUT2D eigenvalue weighted by atomic mass is 16.5. The lowest BCUT2D eigenvalue weighted by molar-refractivity contribution is -0.112. The van der Waals surface area contributed by atoms with Crippen molar-refractivity contribution in [2.24, 2.45) is 5.73 Å². The van der Waals surface area contributed by atoms with Crippen LogP contribution in [0.1, 0.15) is 5.56 Å². The van der Waals surface area contributed by atoms with Gasteiger partial charge in [-0.05, 0) is 18.1 Å². The Morgan fingerprint density at radius 1 is 1.12 bits per heavy atom. The van der Waals surface area contributed by atoms with Gasteiger partial charge < -0.3 is 19.9 Å². The summed E-state index contributed by atoms with van der Waals surface area (Å²) in [5.41, 5.74) is 5.49. The molecule has 0 saturated carbocycles. The van der Waals surface area contributed by atoms with Gasteiger partial charge in [0, 0.05) is 5.56 Å². The van der Waals surface area contributed by atoms with Crippen LogP contribution in [0.3, 0.4) is 0 Å². The zero-order valence-corrected chi connectivity index (χ0v) is 9.87. The van der Waals surface area contributed by atoms with Gasteiger partial charge in [0.1, 0.15) is 0 Å². The van der Waals surface area contributed by atoms with E-state index in [4.69, 9.17) is 19.9 Å². The van der Waals surface area contributed by atoms with Gasteiger partial charge >= 0.3 is 0 Å². The molecule has 0 radical (unpaired) electrons. The minimum atomic E-state index is -0.696. The van der Waals surface area contributed by atoms with Crippen LogP contribution in [0.2, 0.25) is 0 Å². The molecule has 1 aromatic carbocycles. The number of primary amides is 1. The molecule has 0 atom stereocenters. The molecule has 0 aliphatic carbocycles. The fraction of sp³-hybridized carbons (Fsp3) is 0.250. The molecule has 0 spiro atoms. The van der Waals surface area contributed by atoms with E-state index in [0.29, 0.717) is 22.8 Å². The lowest BCUT2D eigenvalue weighted by Gasteiger charge is -2.12. The predicted molar refractivity (Wildman–Crippen MR) is 62.2 cm³/mol. The van der Waals surface area contributed by atoms with Crippen LogP contribution in [0, 0.1) is 11.8 Å². The number of rotatable bonds is 3. The molecule has 0 bridgehead atoms. The fourth-order valence-corrected chi connectivity index (χ4v) is 1.29. The van der Waals surface area contributed by atoms with E-state index in [1.807, 2.05) is 0 Å². The number of carbonyl (C=O) groups excluding carboxylic acids is 1. The number of nitrogens with two attached hydrogens (primary N) is 1. The van der Waals surface area contributed by atoms with Gasteiger partial charge in [-0.15, -0.1) is 0 Å². The van der Waals surface area contributed by atoms with Crippen molar-refractivity contribution in [2.45, 2.75) is 0 Å². The summed E-state index contributed by atoms with van der Waals surface area (Å²) >= 11 is 0. The van der Waals surface area contributed by atoms with Crippen molar-refractivity contribution >= 4 is 5.91 Å². The average molecular weight is 235 g/mol. The van der Waals surface area contributed by atoms with Crippen LogP contribution in [0.15, 0.2) is 12.1 Å². The molecule has 5 nitrogen and oxygen atoms in total. The van der Waals surface area contributed by atoms with Crippen LogP contribution in [0.25, 0.3) is 0 Å². The number of carbonyl (C=O) groups is 1. The lowest BCUT2D eigenvalue weighted by Crippen LogP contribution is -2.06. The van der Waals surface area contributed by atoms with Crippen LogP contribution in [0.4, 0.5) is 0 Å². The first-order chi connectivity index (χ1) is 8.12. The van der Waals surface area contributed by atoms with Crippen molar-refractivity contribution in [2.75, 3.05) is 21.3 Å². The first-order valence-electron chi connectivity index (χ1n) is 4.73. The zero-order valence-electron chi connectivity index (χ0n) is 9.87. The molecule has 1 rings (SSSR count). The third-order valence-electron chi connectivity index (χ3n) is 1.99. The summed E-state index contributed by atoms with van der Waals surface area (Å²) in [4.78, 5) is 10.6. The van der Waals surface area contributed by atoms with Crippen LogP contribution in [-0.2, 0) is 4.79 Å². The van der Waals surface area contributed by atoms with Crippen molar-refractivity contribution in [1.82, 2.24) is 0 Å². The summed E-state index contributed by atoms with van der Waals surface area (Å²) in [5, 5.41) is 0. The molecule has 1 amide bonds. The number of hydrogen-bond acceptors (Lipinski definition) is 4. The lowest BCUT2D eigenvalue weighted by atomic mass is 10.2. The second-order valence-electron chi connectivity index (χ2n) is 3.03. The van der Waals surface area contributed by atoms with Crippen molar-refractivity contribution in [3.8, 4) is 29.1 Å². The quantitative estimate of drug-likeness (QED) is 0.777. The summed E-state index contributed by atoms with van der Waals surface area (Å²) in [5.74, 6) is 5.57. The van der Waals surface area contributed by atoms with E-state index in [2.05, 4.69) is 11.8 Å². The van der Waals surface area contributed by atoms with E-state index in [1.54, 1.807) is 12.1 Å². The van der Waals surface area contributed by atoms with Gasteiger partial charge in [-0.1, -0.05) is 5.92 Å². The second kappa shape index (κ2) is 5.66. The summed E-state index contributed by atoms with van der Waals surface area (Å²) in [6, 6.07) is 3.27. The Hall–Kier alpha value is -2.35. The Labute approximate surface area is 99.5 Å². The van der Waals surface area contributed by atoms with Gasteiger partial charge in [0.15, 0.2) is 11.5 Å². The number of benzene rings is 1. The van der Waals surface area contributed by atoms with E-state index in [-0.39, 0.29) is 0 Å². The predicted octanol–water partition coefficient (Wildman–Crippen LogP) is 0.549. The molecule has 90 valence electrons. The van der Waals surface area contributed by atoms with E-state index < -0.39 is 5.91 Å². The van der Waals surface area contributed by atoms with Crippen molar-refractivity contribution < 1.29 is 19.0 Å². The van der Waals surface area contributed by atoms with Crippen molar-refractivity contribution in [3.05, 3.63) is 17.7 Å². The third-order valence-corrected chi connectivity index (χ3v) is 1.99. The van der Waals surface area contributed by atoms with Gasteiger partial charge in [-0.3, -0.25) is 4.79 Å². The Kier molecular flexibility index (Phi) is 4.23. The molecule has 0 aliphatic heterocycles. The molecule has 0 unspecified atom stereocenters. The molecule has 0 fully saturated rings. The maximum atomic E-state index is 10.6. The van der Waals surface area contributed by atoms with Gasteiger partial charge in [-0.2, -0.15) is 0 Å². The number of ether oxygens (including phenoxy) is 3. The summed E-state index contributed by atoms with van der Waals surface area (Å²) in [7, 11) is 4.51. The highest BCUT2D eigenvalue weighted by molar-refractivity contribution is 5.92. The van der Waals surface area contributed by atoms with E-state index in [1.165, 1.54) is 21.3 Å². The van der Waals surface area contributed by atoms with Gasteiger partial charge in [0.2, 0.25) is 5.75 Å². The summed E-state index contributed by atoms with van der Waals surface area (Å²) in [6.45, 7) is 0. The summed E-state index contributed by atoms with van der Waals surface area (Å²) < 4.78 is 15.4. The highest BCUT2D eigenvalue weighted by Crippen LogP contribution is 2.37. The topological polar surface area (TPSA) is 70.8 Å². The first kappa shape index (κ1) is 12.7. The SMILES string of the molecule is COc1cc(C#CC(N)=O)cc(OC)c1OC. The maximum absolute atomic E-state index is 10.6. The van der Waals surface area contributed by atoms with Crippen molar-refractivity contribution in [3.63, 3.8) is 0 Å². The van der Waals surface area contributed by atoms with Crippen LogP contribution in [0.5, 0.6) is 17.2 Å². The Balaban J connectivity index is 3.28. The average Bonchev–Trinajstić information content (AvgIpc) is 2.34. The Morgan fingerprint density at radius 2 is 1.65 bits per heavy atom. The zero-order chi connectivity index (χ0) is 12.8. The smallest absolute Gasteiger partial charge is 0.293 e. The van der Waals surface area contributed by atoms with Crippen LogP contribution >= 0.6 is 0 Å². The van der Waals surface area contributed by atoms with E-state index in [0.717, 1.165) is 0 Å². The molecule has 17 heavy (non-hydrogen) atoms. The second-order valence-corrected chi connectivity index (χ2v) is 3.03. The minimum absolute atomic E-state index is 0.472. The monoisotopic (exact) mass is 235 g/mol. The Morgan fingerprint density at radius 3 is 2.00 bits per heavy atom. The number of hydrogen-bond donors (Lipinski definition) is 1. The Bertz CT molecular complexity index is 460. The molecule has 0 aromatic heterocycles. The first-order valence-corrected chi connectivity index (χ1v) is 4.73. The molecular weight excluding hydrogens is 222 g/mol. The van der Waals surface area contributed by atoms with Crippen molar-refractivity contribution in [1.29, 1.82) is 0 Å². The number of methoxy groups -OCH3 is 3. The van der Waals surface area contributed by atoms with E-state index in [9.17, 15) is 4.79 Å². The van der Waals surface area contributed by atoms with Crippen LogP contribution in [-0.4, -0.2) is 27.2 Å². The molecule has 0 heterocycles. The molecule has 0 aliphatic rings.